The Morgan fingerprint density at radius 2 is 1.79 bits per heavy atom. The van der Waals surface area contributed by atoms with Crippen molar-refractivity contribution in [1.29, 1.82) is 0 Å². The van der Waals surface area contributed by atoms with Gasteiger partial charge in [0.1, 0.15) is 23.6 Å². The molecule has 2 amide bonds. The maximum atomic E-state index is 13.4. The van der Waals surface area contributed by atoms with E-state index in [-0.39, 0.29) is 17.6 Å². The largest absolute Gasteiger partial charge is 0.508 e. The first kappa shape index (κ1) is 21.4. The van der Waals surface area contributed by atoms with E-state index in [1.807, 2.05) is 0 Å². The van der Waals surface area contributed by atoms with E-state index in [9.17, 15) is 14.7 Å². The molecule has 0 aromatic heterocycles. The fraction of sp³-hybridized carbons (Fsp3) is 0.619. The summed E-state index contributed by atoms with van der Waals surface area (Å²) < 4.78 is 15.6. The number of phenols is 1. The van der Waals surface area contributed by atoms with Gasteiger partial charge in [0, 0.05) is 45.5 Å². The van der Waals surface area contributed by atoms with Crippen molar-refractivity contribution >= 4 is 11.8 Å². The highest BCUT2D eigenvalue weighted by molar-refractivity contribution is 6.00. The Morgan fingerprint density at radius 3 is 2.52 bits per heavy atom. The minimum absolute atomic E-state index is 0.00312. The van der Waals surface area contributed by atoms with Gasteiger partial charge in [-0.1, -0.05) is 0 Å². The van der Waals surface area contributed by atoms with Gasteiger partial charge in [0.2, 0.25) is 5.91 Å². The number of ether oxygens (including phenoxy) is 3. The van der Waals surface area contributed by atoms with Crippen LogP contribution in [0.1, 0.15) is 36.0 Å². The molecule has 2 saturated heterocycles. The van der Waals surface area contributed by atoms with E-state index in [1.54, 1.807) is 30.1 Å². The summed E-state index contributed by atoms with van der Waals surface area (Å²) in [5.41, 5.74) is -0.480. The van der Waals surface area contributed by atoms with Crippen molar-refractivity contribution < 1.29 is 28.9 Å². The molecular weight excluding hydrogens is 376 g/mol. The molecule has 3 rings (SSSR count). The van der Waals surface area contributed by atoms with Gasteiger partial charge < -0.3 is 29.1 Å². The van der Waals surface area contributed by atoms with Crippen LogP contribution in [0.4, 0.5) is 0 Å². The Bertz CT molecular complexity index is 740. The fourth-order valence-electron chi connectivity index (χ4n) is 4.33. The molecule has 1 aromatic rings. The number of benzene rings is 1. The van der Waals surface area contributed by atoms with Crippen molar-refractivity contribution in [2.75, 3.05) is 53.7 Å². The molecule has 0 bridgehead atoms. The van der Waals surface area contributed by atoms with E-state index in [2.05, 4.69) is 0 Å². The zero-order valence-corrected chi connectivity index (χ0v) is 17.2. The summed E-state index contributed by atoms with van der Waals surface area (Å²) in [6, 6.07) is 4.50. The molecule has 8 nitrogen and oxygen atoms in total. The number of amides is 2. The van der Waals surface area contributed by atoms with Gasteiger partial charge in [0.15, 0.2) is 0 Å². The maximum absolute atomic E-state index is 13.4. The summed E-state index contributed by atoms with van der Waals surface area (Å²) >= 11 is 0. The smallest absolute Gasteiger partial charge is 0.255 e. The number of piperidine rings is 1. The predicted octanol–water partition coefficient (Wildman–Crippen LogP) is 1.66. The third kappa shape index (κ3) is 4.48. The Kier molecular flexibility index (Phi) is 6.97. The molecule has 0 saturated carbocycles. The molecule has 8 heteroatoms. The highest BCUT2D eigenvalue weighted by Crippen LogP contribution is 2.39. The van der Waals surface area contributed by atoms with Crippen molar-refractivity contribution in [1.82, 2.24) is 9.80 Å². The topological polar surface area (TPSA) is 88.5 Å². The Morgan fingerprint density at radius 1 is 1.07 bits per heavy atom. The number of carbonyl (C=O) groups is 2. The summed E-state index contributed by atoms with van der Waals surface area (Å²) in [5, 5.41) is 10.1. The summed E-state index contributed by atoms with van der Waals surface area (Å²) in [6.07, 6.45) is 2.96. The number of hydrogen-bond acceptors (Lipinski definition) is 6. The lowest BCUT2D eigenvalue weighted by atomic mass is 9.85. The number of hydrogen-bond donors (Lipinski definition) is 1. The first-order valence-corrected chi connectivity index (χ1v) is 10.1. The van der Waals surface area contributed by atoms with E-state index in [4.69, 9.17) is 14.2 Å². The molecule has 2 heterocycles. The number of methoxy groups -OCH3 is 2. The average Bonchev–Trinajstić information content (AvgIpc) is 3.13. The molecule has 1 N–H and O–H groups in total. The molecule has 1 unspecified atom stereocenters. The summed E-state index contributed by atoms with van der Waals surface area (Å²) in [5.74, 6) is 0.101. The van der Waals surface area contributed by atoms with E-state index in [1.165, 1.54) is 12.1 Å². The molecule has 2 aliphatic rings. The molecule has 0 aliphatic carbocycles. The zero-order valence-electron chi connectivity index (χ0n) is 17.2. The molecule has 29 heavy (non-hydrogen) atoms. The molecule has 0 radical (unpaired) electrons. The third-order valence-corrected chi connectivity index (χ3v) is 5.70. The molecular formula is C21H30N2O6. The first-order valence-electron chi connectivity index (χ1n) is 10.1. The molecule has 1 spiro atoms. The van der Waals surface area contributed by atoms with Crippen LogP contribution >= 0.6 is 0 Å². The number of carbonyl (C=O) groups excluding carboxylic acids is 2. The van der Waals surface area contributed by atoms with E-state index >= 15 is 0 Å². The van der Waals surface area contributed by atoms with Crippen molar-refractivity contribution in [3.63, 3.8) is 0 Å². The fourth-order valence-corrected chi connectivity index (χ4v) is 4.33. The van der Waals surface area contributed by atoms with Crippen molar-refractivity contribution in [2.45, 2.75) is 31.2 Å². The monoisotopic (exact) mass is 406 g/mol. The molecule has 1 atom stereocenters. The number of aromatic hydroxyl groups is 1. The quantitative estimate of drug-likeness (QED) is 0.661. The Balaban J connectivity index is 1.82. The zero-order chi connectivity index (χ0) is 20.9. The van der Waals surface area contributed by atoms with Gasteiger partial charge in [-0.15, -0.1) is 0 Å². The van der Waals surface area contributed by atoms with Gasteiger partial charge in [-0.2, -0.15) is 0 Å². The van der Waals surface area contributed by atoms with Crippen molar-refractivity contribution in [3.05, 3.63) is 23.8 Å². The third-order valence-electron chi connectivity index (χ3n) is 5.70. The van der Waals surface area contributed by atoms with Gasteiger partial charge in [-0.25, -0.2) is 0 Å². The summed E-state index contributed by atoms with van der Waals surface area (Å²) in [4.78, 5) is 30.2. The van der Waals surface area contributed by atoms with Gasteiger partial charge in [0.05, 0.1) is 13.2 Å². The summed E-state index contributed by atoms with van der Waals surface area (Å²) in [7, 11) is 3.19. The Labute approximate surface area is 171 Å². The molecule has 1 aromatic carbocycles. The second-order valence-corrected chi connectivity index (χ2v) is 7.54. The minimum Gasteiger partial charge on any atom is -0.508 e. The second kappa shape index (κ2) is 9.45. The maximum Gasteiger partial charge on any atom is 0.255 e. The van der Waals surface area contributed by atoms with Crippen LogP contribution in [0.25, 0.3) is 0 Å². The van der Waals surface area contributed by atoms with Gasteiger partial charge in [-0.3, -0.25) is 9.59 Å². The normalized spacial score (nSPS) is 21.8. The summed E-state index contributed by atoms with van der Waals surface area (Å²) in [6.45, 7) is 2.94. The molecule has 160 valence electrons. The predicted molar refractivity (Wildman–Crippen MR) is 106 cm³/mol. The van der Waals surface area contributed by atoms with Crippen molar-refractivity contribution in [3.8, 4) is 11.5 Å². The van der Waals surface area contributed by atoms with Crippen LogP contribution in [0.3, 0.4) is 0 Å². The number of rotatable bonds is 8. The van der Waals surface area contributed by atoms with E-state index in [0.717, 1.165) is 12.8 Å². The van der Waals surface area contributed by atoms with Gasteiger partial charge >= 0.3 is 0 Å². The molecule has 2 aliphatic heterocycles. The lowest BCUT2D eigenvalue weighted by Crippen LogP contribution is -2.61. The van der Waals surface area contributed by atoms with E-state index in [0.29, 0.717) is 63.6 Å². The standard InChI is InChI=1S/C21H30N2O6/c1-27-10-9-22-7-3-5-21(20(22)26)6-4-8-23(21)19(25)16-13-17(24)15-18(14-16)29-12-11-28-2/h13-15,24H,3-12H2,1-2H3. The first-order chi connectivity index (χ1) is 14.0. The average molecular weight is 406 g/mol. The van der Waals surface area contributed by atoms with Crippen LogP contribution in [0, 0.1) is 0 Å². The van der Waals surface area contributed by atoms with Crippen LogP contribution in [0.5, 0.6) is 11.5 Å². The van der Waals surface area contributed by atoms with Crippen LogP contribution in [0.15, 0.2) is 18.2 Å². The lowest BCUT2D eigenvalue weighted by Gasteiger charge is -2.44. The minimum atomic E-state index is -0.800. The molecule has 2 fully saturated rings. The second-order valence-electron chi connectivity index (χ2n) is 7.54. The highest BCUT2D eigenvalue weighted by atomic mass is 16.5. The Hall–Kier alpha value is -2.32. The number of phenolic OH excluding ortho intramolecular Hbond substituents is 1. The van der Waals surface area contributed by atoms with Crippen LogP contribution in [-0.4, -0.2) is 85.9 Å². The lowest BCUT2D eigenvalue weighted by molar-refractivity contribution is -0.146. The van der Waals surface area contributed by atoms with Crippen LogP contribution < -0.4 is 4.74 Å². The SMILES string of the molecule is COCCOc1cc(O)cc(C(=O)N2CCCC23CCCN(CCOC)C3=O)c1. The van der Waals surface area contributed by atoms with E-state index < -0.39 is 5.54 Å². The number of likely N-dealkylation sites (tertiary alicyclic amines) is 2. The van der Waals surface area contributed by atoms with Gasteiger partial charge in [-0.05, 0) is 37.8 Å². The van der Waals surface area contributed by atoms with Crippen LogP contribution in [0.2, 0.25) is 0 Å². The van der Waals surface area contributed by atoms with Crippen molar-refractivity contribution in [2.24, 2.45) is 0 Å². The van der Waals surface area contributed by atoms with Crippen LogP contribution in [-0.2, 0) is 14.3 Å². The highest BCUT2D eigenvalue weighted by Gasteiger charge is 2.52. The number of nitrogens with zero attached hydrogens (tertiary/aromatic N) is 2. The van der Waals surface area contributed by atoms with Gasteiger partial charge in [0.25, 0.3) is 5.91 Å².